The Morgan fingerprint density at radius 3 is 2.68 bits per heavy atom. The molecule has 1 aliphatic heterocycles. The van der Waals surface area contributed by atoms with Crippen LogP contribution in [0.5, 0.6) is 0 Å². The number of fused-ring (bicyclic) bond motifs is 1. The lowest BCUT2D eigenvalue weighted by Crippen LogP contribution is -2.30. The van der Waals surface area contributed by atoms with Gasteiger partial charge in [0.05, 0.1) is 0 Å². The average Bonchev–Trinajstić information content (AvgIpc) is 2.82. The number of nitrogens with two attached hydrogens (primary N) is 1. The Labute approximate surface area is 143 Å². The van der Waals surface area contributed by atoms with Crippen molar-refractivity contribution in [3.05, 3.63) is 46.0 Å². The summed E-state index contributed by atoms with van der Waals surface area (Å²) in [6.07, 6.45) is 3.04. The van der Waals surface area contributed by atoms with E-state index in [1.165, 1.54) is 21.6 Å². The molecule has 0 unspecified atom stereocenters. The van der Waals surface area contributed by atoms with Gasteiger partial charge in [-0.2, -0.15) is 0 Å². The van der Waals surface area contributed by atoms with Crippen molar-refractivity contribution in [1.29, 1.82) is 0 Å². The molecule has 3 rings (SSSR count). The molecule has 0 atom stereocenters. The van der Waals surface area contributed by atoms with Crippen molar-refractivity contribution in [2.75, 3.05) is 12.3 Å². The van der Waals surface area contributed by atoms with Crippen LogP contribution in [0.3, 0.4) is 0 Å². The van der Waals surface area contributed by atoms with Gasteiger partial charge in [-0.15, -0.1) is 23.7 Å². The smallest absolute Gasteiger partial charge is 0.180 e. The van der Waals surface area contributed by atoms with Crippen LogP contribution in [0.2, 0.25) is 0 Å². The van der Waals surface area contributed by atoms with Crippen LogP contribution in [0, 0.1) is 0 Å². The summed E-state index contributed by atoms with van der Waals surface area (Å²) in [6, 6.07) is 7.00. The maximum Gasteiger partial charge on any atom is 0.180 e. The minimum absolute atomic E-state index is 0. The number of rotatable bonds is 2. The third-order valence-corrected chi connectivity index (χ3v) is 4.93. The molecule has 2 N–H and O–H groups in total. The van der Waals surface area contributed by atoms with E-state index in [1.54, 1.807) is 11.3 Å². The van der Waals surface area contributed by atoms with E-state index in [0.29, 0.717) is 5.13 Å². The number of thiazole rings is 1. The van der Waals surface area contributed by atoms with E-state index in [1.807, 2.05) is 6.20 Å². The highest BCUT2D eigenvalue weighted by molar-refractivity contribution is 7.15. The molecular weight excluding hydrogens is 314 g/mol. The van der Waals surface area contributed by atoms with Gasteiger partial charge in [0.15, 0.2) is 5.13 Å². The van der Waals surface area contributed by atoms with Gasteiger partial charge in [-0.1, -0.05) is 39.0 Å². The molecule has 120 valence electrons. The van der Waals surface area contributed by atoms with Crippen molar-refractivity contribution >= 4 is 28.9 Å². The van der Waals surface area contributed by atoms with Gasteiger partial charge < -0.3 is 5.73 Å². The van der Waals surface area contributed by atoms with Gasteiger partial charge in [-0.3, -0.25) is 4.90 Å². The number of hydrogen-bond acceptors (Lipinski definition) is 4. The van der Waals surface area contributed by atoms with Gasteiger partial charge in [-0.05, 0) is 28.5 Å². The van der Waals surface area contributed by atoms with E-state index >= 15 is 0 Å². The second kappa shape index (κ2) is 6.57. The molecule has 1 aliphatic rings. The van der Waals surface area contributed by atoms with Crippen molar-refractivity contribution in [2.24, 2.45) is 0 Å². The second-order valence-corrected chi connectivity index (χ2v) is 8.01. The largest absolute Gasteiger partial charge is 0.375 e. The van der Waals surface area contributed by atoms with Crippen LogP contribution < -0.4 is 5.73 Å². The summed E-state index contributed by atoms with van der Waals surface area (Å²) in [6.45, 7) is 9.91. The van der Waals surface area contributed by atoms with Crippen molar-refractivity contribution in [3.63, 3.8) is 0 Å². The fraction of sp³-hybridized carbons (Fsp3) is 0.471. The maximum atomic E-state index is 5.72. The second-order valence-electron chi connectivity index (χ2n) is 6.86. The van der Waals surface area contributed by atoms with Crippen molar-refractivity contribution < 1.29 is 0 Å². The zero-order valence-corrected chi connectivity index (χ0v) is 15.1. The highest BCUT2D eigenvalue weighted by Gasteiger charge is 2.20. The van der Waals surface area contributed by atoms with Crippen LogP contribution in [0.25, 0.3) is 0 Å². The molecule has 1 aromatic heterocycles. The molecule has 0 aliphatic carbocycles. The molecule has 22 heavy (non-hydrogen) atoms. The van der Waals surface area contributed by atoms with E-state index in [4.69, 9.17) is 5.73 Å². The molecule has 3 nitrogen and oxygen atoms in total. The number of hydrogen-bond donors (Lipinski definition) is 1. The van der Waals surface area contributed by atoms with Gasteiger partial charge in [0.2, 0.25) is 0 Å². The number of nitrogen functional groups attached to an aromatic ring is 1. The van der Waals surface area contributed by atoms with Gasteiger partial charge in [0, 0.05) is 30.7 Å². The normalized spacial score (nSPS) is 15.2. The third kappa shape index (κ3) is 3.80. The summed E-state index contributed by atoms with van der Waals surface area (Å²) < 4.78 is 0. The minimum atomic E-state index is 0. The highest BCUT2D eigenvalue weighted by atomic mass is 35.5. The predicted octanol–water partition coefficient (Wildman–Crippen LogP) is 4.00. The molecular formula is C17H24ClN3S. The summed E-state index contributed by atoms with van der Waals surface area (Å²) in [5, 5.41) is 0.664. The molecule has 0 fully saturated rings. The Morgan fingerprint density at radius 2 is 2.05 bits per heavy atom. The van der Waals surface area contributed by atoms with Crippen LogP contribution >= 0.6 is 23.7 Å². The molecule has 2 aromatic rings. The van der Waals surface area contributed by atoms with E-state index in [9.17, 15) is 0 Å². The Hall–Kier alpha value is -1.10. The fourth-order valence-electron chi connectivity index (χ4n) is 2.83. The summed E-state index contributed by atoms with van der Waals surface area (Å²) >= 11 is 1.60. The van der Waals surface area contributed by atoms with E-state index in [0.717, 1.165) is 26.1 Å². The molecule has 0 amide bonds. The SMILES string of the molecule is CC(C)(C)c1ccc2c(c1)CN(Cc1cnc(N)s1)CC2.Cl. The van der Waals surface area contributed by atoms with Crippen LogP contribution in [0.4, 0.5) is 5.13 Å². The molecule has 0 radical (unpaired) electrons. The molecule has 0 spiro atoms. The first-order chi connectivity index (χ1) is 9.91. The van der Waals surface area contributed by atoms with Gasteiger partial charge >= 0.3 is 0 Å². The molecule has 1 aromatic carbocycles. The van der Waals surface area contributed by atoms with E-state index < -0.39 is 0 Å². The number of nitrogens with zero attached hydrogens (tertiary/aromatic N) is 2. The maximum absolute atomic E-state index is 5.72. The van der Waals surface area contributed by atoms with Crippen molar-refractivity contribution in [1.82, 2.24) is 9.88 Å². The van der Waals surface area contributed by atoms with Crippen molar-refractivity contribution in [3.8, 4) is 0 Å². The van der Waals surface area contributed by atoms with E-state index in [2.05, 4.69) is 48.9 Å². The van der Waals surface area contributed by atoms with Crippen LogP contribution in [-0.2, 0) is 24.9 Å². The lowest BCUT2D eigenvalue weighted by Gasteiger charge is -2.30. The topological polar surface area (TPSA) is 42.2 Å². The molecule has 5 heteroatoms. The van der Waals surface area contributed by atoms with Crippen LogP contribution in [-0.4, -0.2) is 16.4 Å². The standard InChI is InChI=1S/C17H23N3S.ClH/c1-17(2,3)14-5-4-12-6-7-20(10-13(12)8-14)11-15-9-19-16(18)21-15;/h4-5,8-9H,6-7,10-11H2,1-3H3,(H2,18,19);1H. The Bertz CT molecular complexity index is 646. The first-order valence-electron chi connectivity index (χ1n) is 7.46. The molecule has 2 heterocycles. The van der Waals surface area contributed by atoms with Gasteiger partial charge in [-0.25, -0.2) is 4.98 Å². The predicted molar refractivity (Wildman–Crippen MR) is 96.7 cm³/mol. The van der Waals surface area contributed by atoms with Crippen molar-refractivity contribution in [2.45, 2.75) is 45.7 Å². The minimum Gasteiger partial charge on any atom is -0.375 e. The zero-order valence-electron chi connectivity index (χ0n) is 13.4. The summed E-state index contributed by atoms with van der Waals surface area (Å²) in [4.78, 5) is 7.88. The summed E-state index contributed by atoms with van der Waals surface area (Å²) in [5.74, 6) is 0. The lowest BCUT2D eigenvalue weighted by atomic mass is 9.84. The number of halogens is 1. The summed E-state index contributed by atoms with van der Waals surface area (Å²) in [5.41, 5.74) is 10.3. The lowest BCUT2D eigenvalue weighted by molar-refractivity contribution is 0.247. The zero-order chi connectivity index (χ0) is 15.0. The number of aromatic nitrogens is 1. The Kier molecular flexibility index (Phi) is 5.15. The molecule has 0 saturated carbocycles. The molecule has 0 bridgehead atoms. The monoisotopic (exact) mass is 337 g/mol. The quantitative estimate of drug-likeness (QED) is 0.900. The van der Waals surface area contributed by atoms with Crippen LogP contribution in [0.1, 0.15) is 42.3 Å². The fourth-order valence-corrected chi connectivity index (χ4v) is 3.56. The Morgan fingerprint density at radius 1 is 1.27 bits per heavy atom. The Balaban J connectivity index is 0.00000176. The summed E-state index contributed by atoms with van der Waals surface area (Å²) in [7, 11) is 0. The number of anilines is 1. The first kappa shape index (κ1) is 17.3. The highest BCUT2D eigenvalue weighted by Crippen LogP contribution is 2.28. The van der Waals surface area contributed by atoms with E-state index in [-0.39, 0.29) is 17.8 Å². The number of benzene rings is 1. The van der Waals surface area contributed by atoms with Gasteiger partial charge in [0.1, 0.15) is 0 Å². The third-order valence-electron chi connectivity index (χ3n) is 4.11. The first-order valence-corrected chi connectivity index (χ1v) is 8.28. The van der Waals surface area contributed by atoms with Gasteiger partial charge in [0.25, 0.3) is 0 Å². The average molecular weight is 338 g/mol. The van der Waals surface area contributed by atoms with Crippen LogP contribution in [0.15, 0.2) is 24.4 Å². The molecule has 0 saturated heterocycles.